The Kier molecular flexibility index (Phi) is 4.04. The van der Waals surface area contributed by atoms with E-state index in [1.165, 1.54) is 27.5 Å². The summed E-state index contributed by atoms with van der Waals surface area (Å²) in [7, 11) is 0. The van der Waals surface area contributed by atoms with Crippen molar-refractivity contribution in [3.8, 4) is 0 Å². The van der Waals surface area contributed by atoms with Crippen molar-refractivity contribution in [1.82, 2.24) is 9.88 Å². The molecule has 2 aromatic carbocycles. The number of morpholine rings is 1. The van der Waals surface area contributed by atoms with E-state index in [0.29, 0.717) is 12.1 Å². The molecule has 2 atom stereocenters. The van der Waals surface area contributed by atoms with Crippen molar-refractivity contribution in [2.45, 2.75) is 25.0 Å². The zero-order valence-electron chi connectivity index (χ0n) is 14.7. The van der Waals surface area contributed by atoms with Gasteiger partial charge in [0, 0.05) is 30.4 Å². The van der Waals surface area contributed by atoms with Crippen molar-refractivity contribution in [3.63, 3.8) is 0 Å². The van der Waals surface area contributed by atoms with Crippen molar-refractivity contribution in [1.29, 1.82) is 0 Å². The molecule has 0 saturated carbocycles. The zero-order chi connectivity index (χ0) is 17.3. The van der Waals surface area contributed by atoms with Gasteiger partial charge in [-0.3, -0.25) is 9.88 Å². The summed E-state index contributed by atoms with van der Waals surface area (Å²) in [5.74, 6) is 0. The highest BCUT2D eigenvalue weighted by molar-refractivity contribution is 5.85. The molecule has 1 saturated heterocycles. The first-order valence-electron chi connectivity index (χ1n) is 9.29. The fourth-order valence-corrected chi connectivity index (χ4v) is 4.20. The first kappa shape index (κ1) is 15.7. The summed E-state index contributed by atoms with van der Waals surface area (Å²) in [4.78, 5) is 6.82. The van der Waals surface area contributed by atoms with Crippen LogP contribution in [0.5, 0.6) is 0 Å². The number of hydrogen-bond donors (Lipinski definition) is 0. The number of nitrogens with zero attached hydrogens (tertiary/aromatic N) is 2. The van der Waals surface area contributed by atoms with Gasteiger partial charge >= 0.3 is 0 Å². The summed E-state index contributed by atoms with van der Waals surface area (Å²) in [6, 6.07) is 20.4. The van der Waals surface area contributed by atoms with Crippen molar-refractivity contribution < 1.29 is 4.74 Å². The van der Waals surface area contributed by atoms with Gasteiger partial charge in [0.25, 0.3) is 0 Å². The Bertz CT molecular complexity index is 951. The minimum atomic E-state index is 0.353. The SMILES string of the molecule is C1=C(c2ccc3cnccc3c2)CC2COCC1N2Cc1ccccc1. The van der Waals surface area contributed by atoms with Crippen molar-refractivity contribution in [2.75, 3.05) is 13.2 Å². The number of aromatic nitrogens is 1. The monoisotopic (exact) mass is 342 g/mol. The molecule has 3 aromatic rings. The molecular formula is C23H22N2O. The Morgan fingerprint density at radius 2 is 1.92 bits per heavy atom. The number of benzene rings is 2. The summed E-state index contributed by atoms with van der Waals surface area (Å²) >= 11 is 0. The summed E-state index contributed by atoms with van der Waals surface area (Å²) in [5, 5.41) is 2.45. The molecule has 3 heteroatoms. The van der Waals surface area contributed by atoms with Crippen LogP contribution in [0.15, 0.2) is 73.1 Å². The van der Waals surface area contributed by atoms with Gasteiger partial charge in [0.15, 0.2) is 0 Å². The van der Waals surface area contributed by atoms with Crippen LogP contribution in [0.3, 0.4) is 0 Å². The summed E-state index contributed by atoms with van der Waals surface area (Å²) < 4.78 is 5.86. The number of hydrogen-bond acceptors (Lipinski definition) is 3. The lowest BCUT2D eigenvalue weighted by molar-refractivity contribution is -0.0402. The van der Waals surface area contributed by atoms with E-state index < -0.39 is 0 Å². The number of pyridine rings is 1. The molecule has 0 aliphatic carbocycles. The number of ether oxygens (including phenoxy) is 1. The molecule has 1 aromatic heterocycles. The predicted molar refractivity (Wildman–Crippen MR) is 105 cm³/mol. The highest BCUT2D eigenvalue weighted by atomic mass is 16.5. The lowest BCUT2D eigenvalue weighted by Crippen LogP contribution is -2.53. The van der Waals surface area contributed by atoms with Gasteiger partial charge in [-0.15, -0.1) is 0 Å². The predicted octanol–water partition coefficient (Wildman–Crippen LogP) is 4.29. The molecule has 2 bridgehead atoms. The van der Waals surface area contributed by atoms with E-state index in [1.807, 2.05) is 12.4 Å². The molecule has 0 amide bonds. The Labute approximate surface area is 153 Å². The molecule has 0 spiro atoms. The van der Waals surface area contributed by atoms with Crippen LogP contribution in [-0.2, 0) is 11.3 Å². The Balaban J connectivity index is 1.46. The van der Waals surface area contributed by atoms with Gasteiger partial charge in [-0.2, -0.15) is 0 Å². The van der Waals surface area contributed by atoms with Crippen LogP contribution < -0.4 is 0 Å². The summed E-state index contributed by atoms with van der Waals surface area (Å²) in [5.41, 5.74) is 4.16. The second-order valence-electron chi connectivity index (χ2n) is 7.25. The van der Waals surface area contributed by atoms with Gasteiger partial charge in [-0.25, -0.2) is 0 Å². The van der Waals surface area contributed by atoms with Gasteiger partial charge in [-0.05, 0) is 40.6 Å². The average molecular weight is 342 g/mol. The maximum atomic E-state index is 5.86. The molecule has 3 nitrogen and oxygen atoms in total. The van der Waals surface area contributed by atoms with Crippen molar-refractivity contribution in [2.24, 2.45) is 0 Å². The molecule has 0 N–H and O–H groups in total. The highest BCUT2D eigenvalue weighted by Gasteiger charge is 2.34. The zero-order valence-corrected chi connectivity index (χ0v) is 14.7. The first-order valence-corrected chi connectivity index (χ1v) is 9.29. The Morgan fingerprint density at radius 3 is 2.81 bits per heavy atom. The maximum absolute atomic E-state index is 5.86. The third kappa shape index (κ3) is 2.94. The van der Waals surface area contributed by atoms with E-state index in [2.05, 4.69) is 70.6 Å². The molecule has 1 fully saturated rings. The van der Waals surface area contributed by atoms with E-state index >= 15 is 0 Å². The standard InChI is InChI=1S/C23H22N2O/c1-2-4-17(5-3-1)14-25-22-11-21(12-23(25)16-26-15-22)18-6-7-20-13-24-9-8-19(20)10-18/h1-11,13,22-23H,12,14-16H2. The quantitative estimate of drug-likeness (QED) is 0.710. The van der Waals surface area contributed by atoms with Crippen molar-refractivity contribution >= 4 is 16.3 Å². The van der Waals surface area contributed by atoms with Crippen molar-refractivity contribution in [3.05, 3.63) is 84.2 Å². The smallest absolute Gasteiger partial charge is 0.0658 e. The summed E-state index contributed by atoms with van der Waals surface area (Å²) in [6.45, 7) is 2.59. The highest BCUT2D eigenvalue weighted by Crippen LogP contribution is 2.34. The van der Waals surface area contributed by atoms with Gasteiger partial charge in [0.05, 0.1) is 19.3 Å². The number of rotatable bonds is 3. The second kappa shape index (κ2) is 6.67. The third-order valence-corrected chi connectivity index (χ3v) is 5.56. The van der Waals surface area contributed by atoms with E-state index in [4.69, 9.17) is 4.74 Å². The van der Waals surface area contributed by atoms with Crippen LogP contribution in [0.25, 0.3) is 16.3 Å². The fraction of sp³-hybridized carbons (Fsp3) is 0.261. The van der Waals surface area contributed by atoms with Crippen LogP contribution in [0.1, 0.15) is 17.5 Å². The van der Waals surface area contributed by atoms with E-state index in [9.17, 15) is 0 Å². The molecular weight excluding hydrogens is 320 g/mol. The largest absolute Gasteiger partial charge is 0.378 e. The van der Waals surface area contributed by atoms with Gasteiger partial charge in [-0.1, -0.05) is 48.5 Å². The fourth-order valence-electron chi connectivity index (χ4n) is 4.20. The Hall–Kier alpha value is -2.49. The molecule has 130 valence electrons. The molecule has 2 aliphatic rings. The average Bonchev–Trinajstić information content (AvgIpc) is 2.68. The lowest BCUT2D eigenvalue weighted by atomic mass is 9.88. The van der Waals surface area contributed by atoms with Crippen LogP contribution >= 0.6 is 0 Å². The molecule has 2 unspecified atom stereocenters. The normalized spacial score (nSPS) is 23.0. The van der Waals surface area contributed by atoms with E-state index in [0.717, 1.165) is 26.2 Å². The van der Waals surface area contributed by atoms with E-state index in [1.54, 1.807) is 0 Å². The van der Waals surface area contributed by atoms with Gasteiger partial charge < -0.3 is 4.74 Å². The molecule has 3 heterocycles. The third-order valence-electron chi connectivity index (χ3n) is 5.56. The van der Waals surface area contributed by atoms with Crippen LogP contribution in [-0.4, -0.2) is 35.2 Å². The second-order valence-corrected chi connectivity index (χ2v) is 7.25. The number of fused-ring (bicyclic) bond motifs is 3. The minimum Gasteiger partial charge on any atom is -0.378 e. The Morgan fingerprint density at radius 1 is 1.00 bits per heavy atom. The van der Waals surface area contributed by atoms with Crippen LogP contribution in [0, 0.1) is 0 Å². The molecule has 2 aliphatic heterocycles. The molecule has 0 radical (unpaired) electrons. The molecule has 5 rings (SSSR count). The maximum Gasteiger partial charge on any atom is 0.0658 e. The lowest BCUT2D eigenvalue weighted by Gasteiger charge is -2.45. The van der Waals surface area contributed by atoms with E-state index in [-0.39, 0.29) is 0 Å². The van der Waals surface area contributed by atoms with Crippen LogP contribution in [0.4, 0.5) is 0 Å². The van der Waals surface area contributed by atoms with Gasteiger partial charge in [0.2, 0.25) is 0 Å². The van der Waals surface area contributed by atoms with Gasteiger partial charge in [0.1, 0.15) is 0 Å². The molecule has 26 heavy (non-hydrogen) atoms. The topological polar surface area (TPSA) is 25.4 Å². The first-order chi connectivity index (χ1) is 12.9. The van der Waals surface area contributed by atoms with Crippen LogP contribution in [0.2, 0.25) is 0 Å². The minimum absolute atomic E-state index is 0.353. The summed E-state index contributed by atoms with van der Waals surface area (Å²) in [6.07, 6.45) is 7.25.